The van der Waals surface area contributed by atoms with E-state index in [1.807, 2.05) is 58.1 Å². The Bertz CT molecular complexity index is 1670. The number of allylic oxidation sites excluding steroid dienone is 20. The van der Waals surface area contributed by atoms with Crippen LogP contribution in [0.25, 0.3) is 0 Å². The Morgan fingerprint density at radius 3 is 1.57 bits per heavy atom. The molecule has 0 aromatic rings. The van der Waals surface area contributed by atoms with Crippen molar-refractivity contribution in [2.45, 2.75) is 140 Å². The summed E-state index contributed by atoms with van der Waals surface area (Å²) in [5.41, 5.74) is 8.44. The highest BCUT2D eigenvalue weighted by molar-refractivity contribution is 6.01. The molecule has 0 spiro atoms. The highest BCUT2D eigenvalue weighted by atomic mass is 16.5. The van der Waals surface area contributed by atoms with Crippen LogP contribution < -0.4 is 0 Å². The second kappa shape index (κ2) is 21.5. The Hall–Kier alpha value is -4.25. The lowest BCUT2D eigenvalue weighted by Gasteiger charge is -2.37. The first kappa shape index (κ1) is 44.9. The molecule has 0 amide bonds. The Balaban J connectivity index is 1.95. The summed E-state index contributed by atoms with van der Waals surface area (Å²) >= 11 is 0. The van der Waals surface area contributed by atoms with Crippen LogP contribution in [0.5, 0.6) is 0 Å². The number of rotatable bonds is 16. The molecule has 2 atom stereocenters. The van der Waals surface area contributed by atoms with Crippen LogP contribution in [0.4, 0.5) is 0 Å². The van der Waals surface area contributed by atoms with E-state index >= 15 is 0 Å². The first-order valence-corrected chi connectivity index (χ1v) is 19.3. The molecule has 0 heterocycles. The number of hydrogen-bond donors (Lipinski definition) is 0. The minimum absolute atomic E-state index is 0.0418. The van der Waals surface area contributed by atoms with Gasteiger partial charge >= 0.3 is 11.9 Å². The quantitative estimate of drug-likeness (QED) is 0.117. The van der Waals surface area contributed by atoms with Gasteiger partial charge in [-0.1, -0.05) is 154 Å². The van der Waals surface area contributed by atoms with Crippen molar-refractivity contribution in [2.24, 2.45) is 10.8 Å². The summed E-state index contributed by atoms with van der Waals surface area (Å²) in [6.07, 6.45) is 32.9. The van der Waals surface area contributed by atoms with Gasteiger partial charge in [-0.25, -0.2) is 0 Å². The van der Waals surface area contributed by atoms with E-state index in [0.717, 1.165) is 41.6 Å². The number of ether oxygens (including phenoxy) is 2. The summed E-state index contributed by atoms with van der Waals surface area (Å²) in [6, 6.07) is 0. The molecular formula is C48H66O5. The smallest absolute Gasteiger partial charge is 0.306 e. The van der Waals surface area contributed by atoms with Crippen LogP contribution >= 0.6 is 0 Å². The SMILES string of the molecule is CCCC(=O)OC1CC(C)=C(/C=C/C(C)=C/C=C/C(C)=C/C=C/C=C(C)/C=C/C=C(C)/C=C/C2=C(C)C(=O)C(OC(=O)CCC)CC2(C)C)C(C)(C)C1. The van der Waals surface area contributed by atoms with Crippen molar-refractivity contribution in [3.63, 3.8) is 0 Å². The zero-order valence-electron chi connectivity index (χ0n) is 34.7. The molecule has 0 saturated carbocycles. The average Bonchev–Trinajstić information content (AvgIpc) is 3.04. The van der Waals surface area contributed by atoms with Crippen LogP contribution in [0, 0.1) is 10.8 Å². The molecular weight excluding hydrogens is 657 g/mol. The molecule has 2 aliphatic rings. The monoisotopic (exact) mass is 722 g/mol. The maximum Gasteiger partial charge on any atom is 0.306 e. The van der Waals surface area contributed by atoms with Gasteiger partial charge in [0.15, 0.2) is 11.9 Å². The molecule has 5 heteroatoms. The minimum Gasteiger partial charge on any atom is -0.462 e. The van der Waals surface area contributed by atoms with E-state index in [9.17, 15) is 14.4 Å². The normalized spacial score (nSPS) is 22.1. The van der Waals surface area contributed by atoms with E-state index in [1.165, 1.54) is 16.7 Å². The van der Waals surface area contributed by atoms with E-state index in [1.54, 1.807) is 0 Å². The van der Waals surface area contributed by atoms with Crippen molar-refractivity contribution in [1.29, 1.82) is 0 Å². The lowest BCUT2D eigenvalue weighted by Crippen LogP contribution is -2.38. The fourth-order valence-electron chi connectivity index (χ4n) is 6.87. The summed E-state index contributed by atoms with van der Waals surface area (Å²) in [4.78, 5) is 37.1. The molecule has 0 aromatic carbocycles. The molecule has 5 nitrogen and oxygen atoms in total. The van der Waals surface area contributed by atoms with E-state index in [2.05, 4.69) is 110 Å². The summed E-state index contributed by atoms with van der Waals surface area (Å²) < 4.78 is 11.3. The van der Waals surface area contributed by atoms with Gasteiger partial charge in [0, 0.05) is 25.7 Å². The van der Waals surface area contributed by atoms with Crippen LogP contribution in [0.2, 0.25) is 0 Å². The first-order chi connectivity index (χ1) is 24.9. The zero-order valence-corrected chi connectivity index (χ0v) is 34.7. The van der Waals surface area contributed by atoms with Gasteiger partial charge in [0.1, 0.15) is 6.10 Å². The molecule has 0 fully saturated rings. The minimum atomic E-state index is -0.704. The first-order valence-electron chi connectivity index (χ1n) is 19.3. The summed E-state index contributed by atoms with van der Waals surface area (Å²) in [7, 11) is 0. The largest absolute Gasteiger partial charge is 0.462 e. The third-order valence-corrected chi connectivity index (χ3v) is 9.72. The Kier molecular flexibility index (Phi) is 18.2. The van der Waals surface area contributed by atoms with Crippen molar-refractivity contribution >= 4 is 17.7 Å². The van der Waals surface area contributed by atoms with Crippen LogP contribution in [-0.4, -0.2) is 29.9 Å². The van der Waals surface area contributed by atoms with Gasteiger partial charge < -0.3 is 9.47 Å². The van der Waals surface area contributed by atoms with Crippen LogP contribution in [0.15, 0.2) is 130 Å². The molecule has 0 aliphatic heterocycles. The van der Waals surface area contributed by atoms with E-state index in [-0.39, 0.29) is 34.7 Å². The fraction of sp³-hybridized carbons (Fsp3) is 0.479. The van der Waals surface area contributed by atoms with Gasteiger partial charge in [-0.3, -0.25) is 14.4 Å². The number of esters is 2. The molecule has 0 radical (unpaired) electrons. The maximum absolute atomic E-state index is 13.0. The lowest BCUT2D eigenvalue weighted by atomic mass is 9.71. The average molecular weight is 723 g/mol. The Morgan fingerprint density at radius 1 is 0.642 bits per heavy atom. The third kappa shape index (κ3) is 15.3. The molecule has 2 unspecified atom stereocenters. The Morgan fingerprint density at radius 2 is 1.08 bits per heavy atom. The van der Waals surface area contributed by atoms with Crippen molar-refractivity contribution in [2.75, 3.05) is 0 Å². The predicted molar refractivity (Wildman–Crippen MR) is 222 cm³/mol. The molecule has 0 N–H and O–H groups in total. The van der Waals surface area contributed by atoms with Crippen molar-refractivity contribution in [3.05, 3.63) is 130 Å². The summed E-state index contributed by atoms with van der Waals surface area (Å²) in [5, 5.41) is 0. The van der Waals surface area contributed by atoms with E-state index < -0.39 is 6.10 Å². The number of hydrogen-bond acceptors (Lipinski definition) is 5. The number of ketones is 1. The molecule has 2 aliphatic carbocycles. The van der Waals surface area contributed by atoms with E-state index in [4.69, 9.17) is 9.47 Å². The van der Waals surface area contributed by atoms with Crippen LogP contribution in [0.1, 0.15) is 128 Å². The van der Waals surface area contributed by atoms with Crippen LogP contribution in [0.3, 0.4) is 0 Å². The maximum atomic E-state index is 13.0. The van der Waals surface area contributed by atoms with Crippen molar-refractivity contribution in [1.82, 2.24) is 0 Å². The number of carbonyl (C=O) groups excluding carboxylic acids is 3. The highest BCUT2D eigenvalue weighted by Gasteiger charge is 2.39. The molecule has 288 valence electrons. The fourth-order valence-corrected chi connectivity index (χ4v) is 6.87. The van der Waals surface area contributed by atoms with Gasteiger partial charge in [-0.15, -0.1) is 0 Å². The lowest BCUT2D eigenvalue weighted by molar-refractivity contribution is -0.156. The summed E-state index contributed by atoms with van der Waals surface area (Å²) in [5.74, 6) is -0.497. The van der Waals surface area contributed by atoms with E-state index in [0.29, 0.717) is 31.3 Å². The predicted octanol–water partition coefficient (Wildman–Crippen LogP) is 12.4. The van der Waals surface area contributed by atoms with Crippen LogP contribution in [-0.2, 0) is 23.9 Å². The van der Waals surface area contributed by atoms with Gasteiger partial charge in [0.05, 0.1) is 0 Å². The zero-order chi connectivity index (χ0) is 39.8. The van der Waals surface area contributed by atoms with Gasteiger partial charge in [-0.05, 0) is 88.4 Å². The second-order valence-corrected chi connectivity index (χ2v) is 16.0. The Labute approximate surface area is 321 Å². The molecule has 0 saturated heterocycles. The molecule has 2 rings (SSSR count). The second-order valence-electron chi connectivity index (χ2n) is 16.0. The van der Waals surface area contributed by atoms with Gasteiger partial charge in [0.2, 0.25) is 0 Å². The molecule has 0 aromatic heterocycles. The van der Waals surface area contributed by atoms with Gasteiger partial charge in [0.25, 0.3) is 0 Å². The standard InChI is InChI=1S/C48H66O5/c1-13-19-44(49)52-40-31-38(7)41(47(9,10)32-40)29-27-36(5)25-17-23-34(3)21-15-16-22-35(4)24-18-26-37(6)28-30-42-39(8)46(51)43(33-48(42,11)12)53-45(50)20-14-2/h15-18,21-30,40,43H,13-14,19-20,31-33H2,1-12H3/b16-15+,23-17+,24-18+,29-27+,30-28+,34-21+,35-22+,36-25+,37-26+. The van der Waals surface area contributed by atoms with Crippen molar-refractivity contribution < 1.29 is 23.9 Å². The third-order valence-electron chi connectivity index (χ3n) is 9.72. The molecule has 0 bridgehead atoms. The van der Waals surface area contributed by atoms with Crippen molar-refractivity contribution in [3.8, 4) is 0 Å². The number of carbonyl (C=O) groups is 3. The molecule has 53 heavy (non-hydrogen) atoms. The number of Topliss-reactive ketones (excluding diaryl/α,β-unsaturated/α-hetero) is 1. The summed E-state index contributed by atoms with van der Waals surface area (Å²) in [6.45, 7) is 24.9. The van der Waals surface area contributed by atoms with Gasteiger partial charge in [-0.2, -0.15) is 0 Å². The highest BCUT2D eigenvalue weighted by Crippen LogP contribution is 2.43. The topological polar surface area (TPSA) is 69.7 Å².